The standard InChI is InChI=1S/C22H21FN8OS/c1-13-3-4-19(33-13)18-9-24-21-17(16-8-27-30(10-16)6-5-23)7-15(11-31(18)21)22(32)28-14(2)20-25-12-26-29-20/h3-4,7-12,14H,5-6H2,1-2H3,(H,28,32)(H,25,26,29). The Bertz CT molecular complexity index is 1420. The van der Waals surface area contributed by atoms with Crippen molar-refractivity contribution < 1.29 is 9.18 Å². The number of aromatic nitrogens is 7. The van der Waals surface area contributed by atoms with Crippen LogP contribution in [0.1, 0.15) is 34.0 Å². The molecule has 5 aromatic rings. The molecule has 0 aliphatic rings. The van der Waals surface area contributed by atoms with E-state index in [9.17, 15) is 9.18 Å². The quantitative estimate of drug-likeness (QED) is 0.381. The van der Waals surface area contributed by atoms with Crippen molar-refractivity contribution in [1.29, 1.82) is 0 Å². The minimum absolute atomic E-state index is 0.166. The molecule has 1 amide bonds. The van der Waals surface area contributed by atoms with Crippen LogP contribution in [-0.4, -0.2) is 46.9 Å². The highest BCUT2D eigenvalue weighted by molar-refractivity contribution is 7.15. The largest absolute Gasteiger partial charge is 0.342 e. The van der Waals surface area contributed by atoms with Gasteiger partial charge in [0.1, 0.15) is 18.6 Å². The molecule has 1 atom stereocenters. The van der Waals surface area contributed by atoms with Crippen molar-refractivity contribution in [1.82, 2.24) is 39.7 Å². The van der Waals surface area contributed by atoms with Gasteiger partial charge in [0, 0.05) is 28.4 Å². The molecule has 0 bridgehead atoms. The second-order valence-corrected chi connectivity index (χ2v) is 8.93. The molecule has 1 unspecified atom stereocenters. The van der Waals surface area contributed by atoms with E-state index in [0.717, 1.165) is 21.7 Å². The maximum absolute atomic E-state index is 13.2. The molecule has 0 fully saturated rings. The molecule has 0 radical (unpaired) electrons. The summed E-state index contributed by atoms with van der Waals surface area (Å²) in [5.74, 6) is 0.301. The van der Waals surface area contributed by atoms with Gasteiger partial charge in [0.05, 0.1) is 41.1 Å². The van der Waals surface area contributed by atoms with Crippen molar-refractivity contribution in [3.05, 3.63) is 65.6 Å². The summed E-state index contributed by atoms with van der Waals surface area (Å²) < 4.78 is 16.3. The Morgan fingerprint density at radius 3 is 2.91 bits per heavy atom. The summed E-state index contributed by atoms with van der Waals surface area (Å²) >= 11 is 1.66. The third kappa shape index (κ3) is 4.02. The molecule has 0 spiro atoms. The molecule has 5 heterocycles. The number of hydrogen-bond donors (Lipinski definition) is 2. The lowest BCUT2D eigenvalue weighted by Crippen LogP contribution is -2.27. The maximum Gasteiger partial charge on any atom is 0.253 e. The lowest BCUT2D eigenvalue weighted by Gasteiger charge is -2.13. The lowest BCUT2D eigenvalue weighted by molar-refractivity contribution is 0.0938. The van der Waals surface area contributed by atoms with Crippen molar-refractivity contribution in [3.63, 3.8) is 0 Å². The molecule has 0 saturated carbocycles. The van der Waals surface area contributed by atoms with Gasteiger partial charge >= 0.3 is 0 Å². The van der Waals surface area contributed by atoms with E-state index >= 15 is 0 Å². The van der Waals surface area contributed by atoms with E-state index < -0.39 is 6.67 Å². The zero-order chi connectivity index (χ0) is 22.9. The number of hydrogen-bond acceptors (Lipinski definition) is 6. The normalized spacial score (nSPS) is 12.3. The van der Waals surface area contributed by atoms with E-state index in [1.54, 1.807) is 42.2 Å². The first kappa shape index (κ1) is 21.0. The van der Waals surface area contributed by atoms with Crippen molar-refractivity contribution in [2.75, 3.05) is 6.67 Å². The predicted molar refractivity (Wildman–Crippen MR) is 123 cm³/mol. The first-order valence-corrected chi connectivity index (χ1v) is 11.2. The summed E-state index contributed by atoms with van der Waals surface area (Å²) in [6, 6.07) is 5.52. The van der Waals surface area contributed by atoms with Crippen LogP contribution in [0.15, 0.2) is 49.3 Å². The third-order valence-electron chi connectivity index (χ3n) is 5.31. The molecule has 2 N–H and O–H groups in total. The molecular formula is C22H21FN8OS. The number of carbonyl (C=O) groups is 1. The summed E-state index contributed by atoms with van der Waals surface area (Å²) in [5, 5.41) is 14.9. The van der Waals surface area contributed by atoms with Gasteiger partial charge in [0.25, 0.3) is 5.91 Å². The minimum Gasteiger partial charge on any atom is -0.342 e. The summed E-state index contributed by atoms with van der Waals surface area (Å²) in [6.07, 6.45) is 8.47. The first-order chi connectivity index (χ1) is 16.0. The van der Waals surface area contributed by atoms with Crippen molar-refractivity contribution in [2.24, 2.45) is 0 Å². The van der Waals surface area contributed by atoms with Crippen LogP contribution in [0.2, 0.25) is 0 Å². The summed E-state index contributed by atoms with van der Waals surface area (Å²) in [6.45, 7) is 3.53. The van der Waals surface area contributed by atoms with Crippen LogP contribution in [0.25, 0.3) is 27.3 Å². The number of rotatable bonds is 7. The number of nitrogens with zero attached hydrogens (tertiary/aromatic N) is 6. The molecule has 11 heteroatoms. The maximum atomic E-state index is 13.2. The van der Waals surface area contributed by atoms with Gasteiger partial charge in [-0.1, -0.05) is 0 Å². The highest BCUT2D eigenvalue weighted by Crippen LogP contribution is 2.32. The van der Waals surface area contributed by atoms with Crippen molar-refractivity contribution in [3.8, 4) is 21.7 Å². The number of halogens is 1. The van der Waals surface area contributed by atoms with E-state index in [1.165, 1.54) is 15.9 Å². The lowest BCUT2D eigenvalue weighted by atomic mass is 10.1. The number of thiophene rings is 1. The molecule has 33 heavy (non-hydrogen) atoms. The van der Waals surface area contributed by atoms with Crippen LogP contribution in [0, 0.1) is 6.92 Å². The first-order valence-electron chi connectivity index (χ1n) is 10.4. The molecule has 0 aliphatic heterocycles. The Morgan fingerprint density at radius 2 is 2.18 bits per heavy atom. The van der Waals surface area contributed by atoms with E-state index in [4.69, 9.17) is 0 Å². The Balaban J connectivity index is 1.61. The SMILES string of the molecule is Cc1ccc(-c2cnc3c(-c4cnn(CCF)c4)cc(C(=O)NC(C)c4nnc[nH]4)cn23)s1. The predicted octanol–water partition coefficient (Wildman–Crippen LogP) is 3.81. The molecular weight excluding hydrogens is 443 g/mol. The zero-order valence-electron chi connectivity index (χ0n) is 18.0. The van der Waals surface area contributed by atoms with Gasteiger partial charge in [-0.3, -0.25) is 13.9 Å². The van der Waals surface area contributed by atoms with E-state index in [-0.39, 0.29) is 18.5 Å². The van der Waals surface area contributed by atoms with Gasteiger partial charge in [-0.2, -0.15) is 5.10 Å². The number of imidazole rings is 1. The van der Waals surface area contributed by atoms with E-state index in [0.29, 0.717) is 17.0 Å². The topological polar surface area (TPSA) is 106 Å². The Hall–Kier alpha value is -3.86. The van der Waals surface area contributed by atoms with Gasteiger partial charge in [-0.15, -0.1) is 21.5 Å². The average molecular weight is 465 g/mol. The molecule has 0 aliphatic carbocycles. The number of nitrogens with one attached hydrogen (secondary N) is 2. The van der Waals surface area contributed by atoms with Crippen LogP contribution in [0.3, 0.4) is 0 Å². The number of carbonyl (C=O) groups excluding carboxylic acids is 1. The van der Waals surface area contributed by atoms with Crippen molar-refractivity contribution >= 4 is 22.9 Å². The summed E-state index contributed by atoms with van der Waals surface area (Å²) in [5.41, 5.74) is 3.52. The van der Waals surface area contributed by atoms with Gasteiger partial charge in [0.2, 0.25) is 0 Å². The fraction of sp³-hybridized carbons (Fsp3) is 0.227. The smallest absolute Gasteiger partial charge is 0.253 e. The number of amides is 1. The highest BCUT2D eigenvalue weighted by Gasteiger charge is 2.19. The number of pyridine rings is 1. The van der Waals surface area contributed by atoms with Crippen LogP contribution in [-0.2, 0) is 6.54 Å². The Morgan fingerprint density at radius 1 is 1.30 bits per heavy atom. The van der Waals surface area contributed by atoms with Gasteiger partial charge < -0.3 is 10.3 Å². The molecule has 0 aromatic carbocycles. The molecule has 5 rings (SSSR count). The second-order valence-electron chi connectivity index (χ2n) is 7.64. The number of aromatic amines is 1. The third-order valence-corrected chi connectivity index (χ3v) is 6.34. The number of aryl methyl sites for hydroxylation is 2. The Labute approximate surface area is 192 Å². The van der Waals surface area contributed by atoms with Gasteiger partial charge in [-0.25, -0.2) is 9.37 Å². The average Bonchev–Trinajstić information content (AvgIpc) is 3.59. The summed E-state index contributed by atoms with van der Waals surface area (Å²) in [7, 11) is 0. The van der Waals surface area contributed by atoms with Crippen LogP contribution in [0.4, 0.5) is 4.39 Å². The van der Waals surface area contributed by atoms with Gasteiger partial charge in [0.15, 0.2) is 5.82 Å². The van der Waals surface area contributed by atoms with Crippen molar-refractivity contribution in [2.45, 2.75) is 26.4 Å². The van der Waals surface area contributed by atoms with E-state index in [1.807, 2.05) is 24.3 Å². The minimum atomic E-state index is -0.510. The fourth-order valence-corrected chi connectivity index (χ4v) is 4.54. The molecule has 168 valence electrons. The summed E-state index contributed by atoms with van der Waals surface area (Å²) in [4.78, 5) is 23.0. The molecule has 9 nitrogen and oxygen atoms in total. The fourth-order valence-electron chi connectivity index (χ4n) is 3.66. The molecule has 0 saturated heterocycles. The highest BCUT2D eigenvalue weighted by atomic mass is 32.1. The number of alkyl halides is 1. The Kier molecular flexibility index (Phi) is 5.47. The van der Waals surface area contributed by atoms with Crippen LogP contribution < -0.4 is 5.32 Å². The number of H-pyrrole nitrogens is 1. The van der Waals surface area contributed by atoms with Crippen LogP contribution >= 0.6 is 11.3 Å². The molecule has 5 aromatic heterocycles. The monoisotopic (exact) mass is 464 g/mol. The number of fused-ring (bicyclic) bond motifs is 1. The second kappa shape index (κ2) is 8.58. The van der Waals surface area contributed by atoms with Crippen LogP contribution in [0.5, 0.6) is 0 Å². The zero-order valence-corrected chi connectivity index (χ0v) is 18.8. The van der Waals surface area contributed by atoms with E-state index in [2.05, 4.69) is 36.6 Å². The van der Waals surface area contributed by atoms with Gasteiger partial charge in [-0.05, 0) is 32.0 Å².